The van der Waals surface area contributed by atoms with Crippen LogP contribution >= 0.6 is 35.6 Å². The quantitative estimate of drug-likeness (QED) is 0.586. The molecule has 1 atom stereocenters. The van der Waals surface area contributed by atoms with Gasteiger partial charge in [-0.15, -0.1) is 24.0 Å². The van der Waals surface area contributed by atoms with Crippen molar-refractivity contribution in [2.75, 3.05) is 0 Å². The first-order valence-electron chi connectivity index (χ1n) is 8.46. The van der Waals surface area contributed by atoms with Gasteiger partial charge < -0.3 is 4.90 Å². The van der Waals surface area contributed by atoms with E-state index in [1.165, 1.54) is 4.90 Å². The van der Waals surface area contributed by atoms with E-state index in [2.05, 4.69) is 10.3 Å². The molecule has 0 spiro atoms. The molecule has 9 heteroatoms. The highest BCUT2D eigenvalue weighted by atomic mass is 35.5. The number of alkyl halides is 1. The molecule has 2 aliphatic rings. The van der Waals surface area contributed by atoms with Crippen LogP contribution in [-0.4, -0.2) is 33.6 Å². The molecule has 6 nitrogen and oxygen atoms in total. The fraction of sp³-hybridized carbons (Fsp3) is 0.263. The number of amides is 3. The second kappa shape index (κ2) is 8.07. The van der Waals surface area contributed by atoms with Gasteiger partial charge in [-0.25, -0.2) is 0 Å². The number of fused-ring (bicyclic) bond motifs is 1. The van der Waals surface area contributed by atoms with Gasteiger partial charge in [0.25, 0.3) is 5.91 Å². The summed E-state index contributed by atoms with van der Waals surface area (Å²) < 4.78 is 0. The second-order valence-corrected chi connectivity index (χ2v) is 7.24. The summed E-state index contributed by atoms with van der Waals surface area (Å²) in [6.07, 6.45) is 2.13. The topological polar surface area (TPSA) is 79.4 Å². The number of carbonyl (C=O) groups excluding carboxylic acids is 3. The Morgan fingerprint density at radius 3 is 2.71 bits per heavy atom. The molecule has 1 aromatic heterocycles. The van der Waals surface area contributed by atoms with Gasteiger partial charge in [0.15, 0.2) is 0 Å². The van der Waals surface area contributed by atoms with Crippen LogP contribution in [0.2, 0.25) is 5.02 Å². The minimum atomic E-state index is -0.623. The highest BCUT2D eigenvalue weighted by molar-refractivity contribution is 6.32. The Kier molecular flexibility index (Phi) is 5.93. The Bertz CT molecular complexity index is 980. The van der Waals surface area contributed by atoms with Gasteiger partial charge >= 0.3 is 0 Å². The summed E-state index contributed by atoms with van der Waals surface area (Å²) in [7, 11) is 0. The van der Waals surface area contributed by atoms with Crippen LogP contribution in [-0.2, 0) is 22.0 Å². The van der Waals surface area contributed by atoms with E-state index < -0.39 is 11.9 Å². The largest absolute Gasteiger partial charge is 0.322 e. The van der Waals surface area contributed by atoms with E-state index in [9.17, 15) is 14.4 Å². The molecule has 1 saturated heterocycles. The number of hydrogen-bond acceptors (Lipinski definition) is 4. The van der Waals surface area contributed by atoms with Gasteiger partial charge in [0.2, 0.25) is 11.8 Å². The van der Waals surface area contributed by atoms with Gasteiger partial charge in [0.05, 0.1) is 10.7 Å². The van der Waals surface area contributed by atoms with Crippen LogP contribution in [0.15, 0.2) is 30.5 Å². The maximum Gasteiger partial charge on any atom is 0.255 e. The molecule has 3 amide bonds. The summed E-state index contributed by atoms with van der Waals surface area (Å²) in [6.45, 7) is 0.324. The van der Waals surface area contributed by atoms with Crippen molar-refractivity contribution in [1.29, 1.82) is 0 Å². The van der Waals surface area contributed by atoms with Crippen molar-refractivity contribution < 1.29 is 14.4 Å². The molecular weight excluding hydrogens is 425 g/mol. The summed E-state index contributed by atoms with van der Waals surface area (Å²) in [5.41, 5.74) is 3.73. The van der Waals surface area contributed by atoms with Gasteiger partial charge in [0, 0.05) is 36.2 Å². The fourth-order valence-corrected chi connectivity index (χ4v) is 3.93. The van der Waals surface area contributed by atoms with Crippen LogP contribution in [0, 0.1) is 0 Å². The predicted molar refractivity (Wildman–Crippen MR) is 108 cm³/mol. The van der Waals surface area contributed by atoms with Crippen molar-refractivity contribution in [3.8, 4) is 11.3 Å². The molecule has 146 valence electrons. The van der Waals surface area contributed by atoms with E-state index >= 15 is 0 Å². The van der Waals surface area contributed by atoms with Crippen LogP contribution < -0.4 is 5.32 Å². The molecule has 0 aliphatic carbocycles. The minimum Gasteiger partial charge on any atom is -0.322 e. The monoisotopic (exact) mass is 439 g/mol. The number of nitrogens with zero attached hydrogens (tertiary/aromatic N) is 2. The minimum absolute atomic E-state index is 0. The summed E-state index contributed by atoms with van der Waals surface area (Å²) in [4.78, 5) is 42.1. The number of carbonyl (C=O) groups is 3. The van der Waals surface area contributed by atoms with Crippen molar-refractivity contribution in [1.82, 2.24) is 15.2 Å². The number of piperidine rings is 1. The summed E-state index contributed by atoms with van der Waals surface area (Å²) >= 11 is 12.0. The number of hydrogen-bond donors (Lipinski definition) is 1. The number of pyridine rings is 1. The molecule has 1 aromatic carbocycles. The molecule has 2 aliphatic heterocycles. The molecule has 0 bridgehead atoms. The zero-order valence-corrected chi connectivity index (χ0v) is 16.9. The Labute approximate surface area is 177 Å². The summed E-state index contributed by atoms with van der Waals surface area (Å²) in [5, 5.41) is 2.81. The zero-order valence-electron chi connectivity index (χ0n) is 14.6. The highest BCUT2D eigenvalue weighted by Crippen LogP contribution is 2.31. The Morgan fingerprint density at radius 1 is 1.21 bits per heavy atom. The Morgan fingerprint density at radius 2 is 2.00 bits per heavy atom. The molecule has 4 rings (SSSR count). The number of rotatable bonds is 3. The lowest BCUT2D eigenvalue weighted by atomic mass is 10.0. The zero-order chi connectivity index (χ0) is 19.1. The van der Waals surface area contributed by atoms with Crippen molar-refractivity contribution in [2.24, 2.45) is 0 Å². The maximum atomic E-state index is 12.7. The molecule has 1 unspecified atom stereocenters. The van der Waals surface area contributed by atoms with E-state index in [1.807, 2.05) is 18.2 Å². The van der Waals surface area contributed by atoms with Crippen LogP contribution in [0.4, 0.5) is 0 Å². The van der Waals surface area contributed by atoms with E-state index in [0.29, 0.717) is 29.2 Å². The molecule has 2 aromatic rings. The SMILES string of the molecule is Cl.O=C1CCC(N2Cc3cc(-c4cc(CCl)c(Cl)cn4)ccc3C2=O)C(=O)N1. The van der Waals surface area contributed by atoms with E-state index in [4.69, 9.17) is 23.2 Å². The fourth-order valence-electron chi connectivity index (χ4n) is 3.47. The molecule has 28 heavy (non-hydrogen) atoms. The lowest BCUT2D eigenvalue weighted by molar-refractivity contribution is -0.136. The van der Waals surface area contributed by atoms with Gasteiger partial charge in [-0.1, -0.05) is 17.7 Å². The van der Waals surface area contributed by atoms with Gasteiger partial charge in [-0.05, 0) is 35.7 Å². The average molecular weight is 441 g/mol. The predicted octanol–water partition coefficient (Wildman–Crippen LogP) is 3.32. The average Bonchev–Trinajstić information content (AvgIpc) is 2.98. The Balaban J connectivity index is 0.00000225. The van der Waals surface area contributed by atoms with E-state index in [-0.39, 0.29) is 36.5 Å². The number of halogens is 3. The smallest absolute Gasteiger partial charge is 0.255 e. The lowest BCUT2D eigenvalue weighted by Gasteiger charge is -2.29. The van der Waals surface area contributed by atoms with Crippen molar-refractivity contribution in [2.45, 2.75) is 31.3 Å². The van der Waals surface area contributed by atoms with Crippen molar-refractivity contribution >= 4 is 53.3 Å². The number of imide groups is 1. The standard InChI is InChI=1S/C19H15Cl2N3O3.ClH/c20-7-11-6-15(22-8-14(11)21)10-1-2-13-12(5-10)9-24(19(13)27)16-3-4-17(25)23-18(16)26;/h1-2,5-6,8,16H,3-4,7,9H2,(H,23,25,26);1H. The lowest BCUT2D eigenvalue weighted by Crippen LogP contribution is -2.52. The molecule has 0 saturated carbocycles. The Hall–Kier alpha value is -2.15. The first-order chi connectivity index (χ1) is 13.0. The maximum absolute atomic E-state index is 12.7. The molecule has 0 radical (unpaired) electrons. The molecule has 1 fully saturated rings. The molecule has 1 N–H and O–H groups in total. The van der Waals surface area contributed by atoms with Crippen LogP contribution in [0.5, 0.6) is 0 Å². The van der Waals surface area contributed by atoms with E-state index in [1.54, 1.807) is 12.3 Å². The van der Waals surface area contributed by atoms with Gasteiger partial charge in [0.1, 0.15) is 6.04 Å². The van der Waals surface area contributed by atoms with Crippen LogP contribution in [0.25, 0.3) is 11.3 Å². The molecular formula is C19H16Cl3N3O3. The van der Waals surface area contributed by atoms with Crippen LogP contribution in [0.1, 0.15) is 34.3 Å². The van der Waals surface area contributed by atoms with Gasteiger partial charge in [-0.3, -0.25) is 24.7 Å². The summed E-state index contributed by atoms with van der Waals surface area (Å²) in [5.74, 6) is -0.636. The van der Waals surface area contributed by atoms with Crippen LogP contribution in [0.3, 0.4) is 0 Å². The first-order valence-corrected chi connectivity index (χ1v) is 9.37. The first kappa shape index (κ1) is 20.6. The van der Waals surface area contributed by atoms with Gasteiger partial charge in [-0.2, -0.15) is 0 Å². The number of nitrogens with one attached hydrogen (secondary N) is 1. The van der Waals surface area contributed by atoms with Crippen molar-refractivity contribution in [3.63, 3.8) is 0 Å². The third kappa shape index (κ3) is 3.60. The number of aromatic nitrogens is 1. The molecule has 3 heterocycles. The van der Waals surface area contributed by atoms with Crippen molar-refractivity contribution in [3.05, 3.63) is 52.2 Å². The number of benzene rings is 1. The van der Waals surface area contributed by atoms with E-state index in [0.717, 1.165) is 16.7 Å². The third-order valence-electron chi connectivity index (χ3n) is 4.90. The second-order valence-electron chi connectivity index (χ2n) is 6.57. The highest BCUT2D eigenvalue weighted by Gasteiger charge is 2.39. The normalized spacial score (nSPS) is 18.6. The third-order valence-corrected chi connectivity index (χ3v) is 5.53. The summed E-state index contributed by atoms with van der Waals surface area (Å²) in [6, 6.07) is 6.66.